The number of fused-ring (bicyclic) bond motifs is 2. The number of ether oxygens (including phenoxy) is 1. The van der Waals surface area contributed by atoms with Gasteiger partial charge in [-0.15, -0.1) is 0 Å². The Morgan fingerprint density at radius 3 is 2.96 bits per heavy atom. The Hall–Kier alpha value is -2.69. The van der Waals surface area contributed by atoms with Crippen molar-refractivity contribution >= 4 is 17.7 Å². The van der Waals surface area contributed by atoms with E-state index >= 15 is 0 Å². The predicted octanol–water partition coefficient (Wildman–Crippen LogP) is 3.78. The molecule has 2 saturated heterocycles. The van der Waals surface area contributed by atoms with E-state index in [1.54, 1.807) is 12.1 Å². The van der Waals surface area contributed by atoms with Crippen molar-refractivity contribution in [2.24, 2.45) is 0 Å². The molecule has 1 aromatic carbocycles. The van der Waals surface area contributed by atoms with E-state index in [2.05, 4.69) is 40.1 Å². The summed E-state index contributed by atoms with van der Waals surface area (Å²) in [4.78, 5) is 16.8. The summed E-state index contributed by atoms with van der Waals surface area (Å²) in [6.45, 7) is 1.78. The van der Waals surface area contributed by atoms with Crippen LogP contribution in [-0.4, -0.2) is 43.7 Å². The molecule has 0 spiro atoms. The lowest BCUT2D eigenvalue weighted by Crippen LogP contribution is -2.42. The number of carbonyl (C=O) groups excluding carboxylic acids is 1. The van der Waals surface area contributed by atoms with E-state index in [1.807, 2.05) is 14.1 Å². The number of benzene rings is 1. The molecule has 2 aromatic rings. The molecule has 1 unspecified atom stereocenters. The van der Waals surface area contributed by atoms with Gasteiger partial charge in [-0.25, -0.2) is 4.79 Å². The largest absolute Gasteiger partial charge is 0.457 e. The Labute approximate surface area is 153 Å². The van der Waals surface area contributed by atoms with Crippen molar-refractivity contribution in [3.05, 3.63) is 59.7 Å². The van der Waals surface area contributed by atoms with E-state index in [0.717, 1.165) is 32.4 Å². The summed E-state index contributed by atoms with van der Waals surface area (Å²) in [6, 6.07) is 11.8. The fraction of sp³-hybridized carbons (Fsp3) is 0.381. The Bertz CT molecular complexity index is 826. The molecule has 0 N–H and O–H groups in total. The van der Waals surface area contributed by atoms with Crippen molar-refractivity contribution in [2.45, 2.75) is 24.9 Å². The number of hydrogen-bond donors (Lipinski definition) is 0. The fourth-order valence-corrected chi connectivity index (χ4v) is 3.92. The second-order valence-corrected chi connectivity index (χ2v) is 7.38. The van der Waals surface area contributed by atoms with Gasteiger partial charge in [0.2, 0.25) is 5.76 Å². The van der Waals surface area contributed by atoms with E-state index in [9.17, 15) is 4.79 Å². The van der Waals surface area contributed by atoms with Gasteiger partial charge < -0.3 is 19.0 Å². The van der Waals surface area contributed by atoms with Crippen LogP contribution in [0.2, 0.25) is 0 Å². The molecule has 5 nitrogen and oxygen atoms in total. The highest BCUT2D eigenvalue weighted by molar-refractivity contribution is 5.86. The molecule has 0 radical (unpaired) electrons. The van der Waals surface area contributed by atoms with Crippen LogP contribution in [0, 0.1) is 0 Å². The van der Waals surface area contributed by atoms with Crippen LogP contribution in [0.3, 0.4) is 0 Å². The lowest BCUT2D eigenvalue weighted by atomic mass is 9.94. The Kier molecular flexibility index (Phi) is 4.23. The van der Waals surface area contributed by atoms with Crippen LogP contribution in [0.1, 0.15) is 35.4 Å². The van der Waals surface area contributed by atoms with E-state index in [0.29, 0.717) is 0 Å². The van der Waals surface area contributed by atoms with E-state index in [1.165, 1.54) is 23.2 Å². The monoisotopic (exact) mass is 352 g/mol. The van der Waals surface area contributed by atoms with Gasteiger partial charge in [0.1, 0.15) is 5.60 Å². The van der Waals surface area contributed by atoms with Crippen molar-refractivity contribution in [2.75, 3.05) is 32.1 Å². The second kappa shape index (κ2) is 6.56. The number of furan rings is 1. The highest BCUT2D eigenvalue weighted by atomic mass is 16.6. The van der Waals surface area contributed by atoms with Crippen LogP contribution in [0.5, 0.6) is 0 Å². The van der Waals surface area contributed by atoms with Crippen molar-refractivity contribution < 1.29 is 13.9 Å². The normalized spacial score (nSPS) is 23.3. The first-order valence-electron chi connectivity index (χ1n) is 9.04. The molecule has 4 rings (SSSR count). The zero-order chi connectivity index (χ0) is 18.1. The van der Waals surface area contributed by atoms with Gasteiger partial charge in [0.05, 0.1) is 12.8 Å². The van der Waals surface area contributed by atoms with Gasteiger partial charge >= 0.3 is 5.97 Å². The molecular formula is C21H24N2O3. The van der Waals surface area contributed by atoms with Crippen molar-refractivity contribution in [3.63, 3.8) is 0 Å². The molecule has 3 heterocycles. The zero-order valence-electron chi connectivity index (χ0n) is 15.3. The van der Waals surface area contributed by atoms with Crippen LogP contribution >= 0.6 is 0 Å². The van der Waals surface area contributed by atoms with E-state index in [-0.39, 0.29) is 11.7 Å². The van der Waals surface area contributed by atoms with Crippen LogP contribution in [0.4, 0.5) is 5.69 Å². The van der Waals surface area contributed by atoms with Gasteiger partial charge in [-0.1, -0.05) is 12.1 Å². The third-order valence-corrected chi connectivity index (χ3v) is 5.20. The maximum absolute atomic E-state index is 12.4. The van der Waals surface area contributed by atoms with Gasteiger partial charge in [-0.2, -0.15) is 0 Å². The quantitative estimate of drug-likeness (QED) is 0.784. The molecule has 5 heteroatoms. The third kappa shape index (κ3) is 3.21. The van der Waals surface area contributed by atoms with Crippen LogP contribution in [0.25, 0.3) is 6.08 Å². The molecule has 2 fully saturated rings. The van der Waals surface area contributed by atoms with Gasteiger partial charge in [0.15, 0.2) is 0 Å². The summed E-state index contributed by atoms with van der Waals surface area (Å²) in [7, 11) is 4.09. The Morgan fingerprint density at radius 1 is 1.31 bits per heavy atom. The molecule has 0 aliphatic carbocycles. The lowest BCUT2D eigenvalue weighted by Gasteiger charge is -2.33. The van der Waals surface area contributed by atoms with Gasteiger partial charge in [0, 0.05) is 38.4 Å². The number of nitrogens with zero attached hydrogens (tertiary/aromatic N) is 2. The molecule has 1 aromatic heterocycles. The SMILES string of the molecule is CN(C)c1cccc(/C=C2\CC3(OC(=O)c4ccco4)CCCN2C3)c1. The first kappa shape index (κ1) is 16.8. The predicted molar refractivity (Wildman–Crippen MR) is 101 cm³/mol. The number of esters is 1. The van der Waals surface area contributed by atoms with Gasteiger partial charge in [-0.3, -0.25) is 0 Å². The molecule has 1 atom stereocenters. The van der Waals surface area contributed by atoms with E-state index < -0.39 is 5.60 Å². The second-order valence-electron chi connectivity index (χ2n) is 7.38. The van der Waals surface area contributed by atoms with Crippen LogP contribution < -0.4 is 4.90 Å². The highest BCUT2D eigenvalue weighted by Crippen LogP contribution is 2.42. The lowest BCUT2D eigenvalue weighted by molar-refractivity contribution is -0.0296. The molecule has 2 bridgehead atoms. The number of rotatable bonds is 4. The first-order chi connectivity index (χ1) is 12.5. The first-order valence-corrected chi connectivity index (χ1v) is 9.04. The van der Waals surface area contributed by atoms with Crippen molar-refractivity contribution in [3.8, 4) is 0 Å². The summed E-state index contributed by atoms with van der Waals surface area (Å²) in [5.41, 5.74) is 3.15. The Morgan fingerprint density at radius 2 is 2.19 bits per heavy atom. The smallest absolute Gasteiger partial charge is 0.374 e. The zero-order valence-corrected chi connectivity index (χ0v) is 15.3. The molecule has 0 saturated carbocycles. The standard InChI is InChI=1S/C21H24N2O3/c1-22(2)17-7-3-6-16(12-17)13-18-14-21(9-5-10-23(18)15-21)26-20(24)19-8-4-11-25-19/h3-4,6-8,11-13H,5,9-10,14-15H2,1-2H3/b18-13+. The summed E-state index contributed by atoms with van der Waals surface area (Å²) < 4.78 is 11.1. The fourth-order valence-electron chi connectivity index (χ4n) is 3.92. The average Bonchev–Trinajstić information content (AvgIpc) is 3.23. The number of carbonyl (C=O) groups is 1. The summed E-state index contributed by atoms with van der Waals surface area (Å²) in [5.74, 6) is -0.0969. The average molecular weight is 352 g/mol. The summed E-state index contributed by atoms with van der Waals surface area (Å²) in [6.07, 6.45) is 6.40. The minimum Gasteiger partial charge on any atom is -0.457 e. The van der Waals surface area contributed by atoms with Crippen LogP contribution in [0.15, 0.2) is 52.8 Å². The summed E-state index contributed by atoms with van der Waals surface area (Å²) in [5, 5.41) is 0. The van der Waals surface area contributed by atoms with Crippen molar-refractivity contribution in [1.29, 1.82) is 0 Å². The van der Waals surface area contributed by atoms with Crippen LogP contribution in [-0.2, 0) is 4.74 Å². The maximum Gasteiger partial charge on any atom is 0.374 e. The topological polar surface area (TPSA) is 45.9 Å². The maximum atomic E-state index is 12.4. The highest BCUT2D eigenvalue weighted by Gasteiger charge is 2.46. The number of piperidine rings is 1. The minimum atomic E-state index is -0.437. The summed E-state index contributed by atoms with van der Waals surface area (Å²) >= 11 is 0. The number of anilines is 1. The molecular weight excluding hydrogens is 328 g/mol. The molecule has 26 heavy (non-hydrogen) atoms. The van der Waals surface area contributed by atoms with Crippen molar-refractivity contribution in [1.82, 2.24) is 4.90 Å². The van der Waals surface area contributed by atoms with Gasteiger partial charge in [0.25, 0.3) is 0 Å². The Balaban J connectivity index is 1.56. The minimum absolute atomic E-state index is 0.271. The van der Waals surface area contributed by atoms with Gasteiger partial charge in [-0.05, 0) is 48.7 Å². The molecule has 2 aliphatic rings. The molecule has 0 amide bonds. The van der Waals surface area contributed by atoms with E-state index in [4.69, 9.17) is 9.15 Å². The number of hydrogen-bond acceptors (Lipinski definition) is 5. The molecule has 136 valence electrons. The molecule has 2 aliphatic heterocycles. The third-order valence-electron chi connectivity index (χ3n) is 5.20.